The van der Waals surface area contributed by atoms with Crippen molar-refractivity contribution in [3.05, 3.63) is 24.3 Å². The van der Waals surface area contributed by atoms with Crippen molar-refractivity contribution in [2.75, 3.05) is 5.75 Å². The number of rotatable bonds is 13. The van der Waals surface area contributed by atoms with Crippen molar-refractivity contribution in [1.29, 1.82) is 1.12 Å². The number of unbranched alkanes of at least 4 members (excludes halogenated alkanes) is 3. The van der Waals surface area contributed by atoms with Gasteiger partial charge in [0.1, 0.15) is 1.12 Å². The average Bonchev–Trinajstić information content (AvgIpc) is 2.68. The largest absolute Gasteiger partial charge is 0.481 e. The standard InChI is InChI=1S/C21H34O3S.C2H6S/c1-2-3-6-9-17(22)13-12-16-14-18-15-20(25-18)19(16)10-7-4-5-8-11-21(23)24;1-2-3/h4,7,12-13,16-20,22H,2-3,5-6,8-11,14-15H2,1H3,(H,23,24);3H,2H2,1H3/b7-4-,13-12+;/t16-,17-,18?,19+,20?;/m0./s1/i/hT. The predicted molar refractivity (Wildman–Crippen MR) is 125 cm³/mol. The van der Waals surface area contributed by atoms with E-state index >= 15 is 0 Å². The number of carboxylic acid groups (broad SMARTS) is 1. The minimum Gasteiger partial charge on any atom is -0.481 e. The summed E-state index contributed by atoms with van der Waals surface area (Å²) in [6.07, 6.45) is 18.4. The van der Waals surface area contributed by atoms with Gasteiger partial charge in [0.15, 0.2) is 0 Å². The van der Waals surface area contributed by atoms with E-state index < -0.39 is 5.97 Å². The van der Waals surface area contributed by atoms with Crippen LogP contribution in [0.25, 0.3) is 0 Å². The summed E-state index contributed by atoms with van der Waals surface area (Å²) in [5.74, 6) is 1.46. The Hall–Kier alpha value is -0.390. The Labute approximate surface area is 182 Å². The van der Waals surface area contributed by atoms with Crippen molar-refractivity contribution in [2.45, 2.75) is 94.7 Å². The molecule has 0 aromatic heterocycles. The third-order valence-corrected chi connectivity index (χ3v) is 7.11. The second kappa shape index (κ2) is 15.4. The maximum absolute atomic E-state index is 10.5. The number of carboxylic acids is 1. The predicted octanol–water partition coefficient (Wildman–Crippen LogP) is 6.13. The van der Waals surface area contributed by atoms with Crippen LogP contribution in [0.1, 0.15) is 78.1 Å². The molecule has 0 amide bonds. The highest BCUT2D eigenvalue weighted by Crippen LogP contribution is 2.54. The summed E-state index contributed by atoms with van der Waals surface area (Å²) in [5, 5.41) is 20.4. The first-order valence-corrected chi connectivity index (χ1v) is 12.5. The number of thioether (sulfide) groups is 1. The Balaban J connectivity index is 0.000000960. The number of hydrogen-bond donors (Lipinski definition) is 3. The molecule has 162 valence electrons. The van der Waals surface area contributed by atoms with E-state index in [1.54, 1.807) is 0 Å². The lowest BCUT2D eigenvalue weighted by molar-refractivity contribution is -0.137. The van der Waals surface area contributed by atoms with E-state index in [4.69, 9.17) is 6.23 Å². The monoisotopic (exact) mass is 430 g/mol. The molecular weight excluding hydrogens is 388 g/mol. The summed E-state index contributed by atoms with van der Waals surface area (Å²) in [5.41, 5.74) is 0. The van der Waals surface area contributed by atoms with Crippen LogP contribution in [0, 0.1) is 11.8 Å². The average molecular weight is 431 g/mol. The molecule has 1 saturated carbocycles. The molecule has 5 heteroatoms. The number of aliphatic hydroxyl groups is 1. The molecule has 2 heterocycles. The first-order valence-electron chi connectivity index (χ1n) is 11.4. The highest BCUT2D eigenvalue weighted by atomic mass is 32.2. The smallest absolute Gasteiger partial charge is 0.303 e. The second-order valence-corrected chi connectivity index (χ2v) is 9.95. The van der Waals surface area contributed by atoms with E-state index in [0.29, 0.717) is 11.8 Å². The number of aliphatic carboxylic acids is 1. The molecule has 0 radical (unpaired) electrons. The quantitative estimate of drug-likeness (QED) is 0.187. The van der Waals surface area contributed by atoms with Gasteiger partial charge in [-0.3, -0.25) is 4.79 Å². The Bertz CT molecular complexity index is 491. The molecule has 2 saturated heterocycles. The van der Waals surface area contributed by atoms with Crippen molar-refractivity contribution in [3.63, 3.8) is 0 Å². The number of hydrogen-bond acceptors (Lipinski definition) is 4. The number of fused-ring (bicyclic) bond motifs is 2. The zero-order valence-corrected chi connectivity index (χ0v) is 19.2. The molecule has 2 N–H and O–H groups in total. The minimum atomic E-state index is -0.708. The van der Waals surface area contributed by atoms with Gasteiger partial charge in [-0.1, -0.05) is 57.4 Å². The van der Waals surface area contributed by atoms with E-state index in [0.717, 1.165) is 60.9 Å². The van der Waals surface area contributed by atoms with Gasteiger partial charge in [-0.05, 0) is 56.1 Å². The van der Waals surface area contributed by atoms with E-state index in [9.17, 15) is 9.90 Å². The third kappa shape index (κ3) is 10.4. The fraction of sp³-hybridized carbons (Fsp3) is 0.783. The van der Waals surface area contributed by atoms with Gasteiger partial charge in [-0.2, -0.15) is 24.3 Å². The first kappa shape index (κ1) is 23.9. The molecule has 2 bridgehead atoms. The summed E-state index contributed by atoms with van der Waals surface area (Å²) >= 11 is 3.25. The molecule has 3 nitrogen and oxygen atoms in total. The van der Waals surface area contributed by atoms with Gasteiger partial charge in [-0.15, -0.1) is 0 Å². The summed E-state index contributed by atoms with van der Waals surface area (Å²) in [6, 6.07) is 0. The Morgan fingerprint density at radius 2 is 2.04 bits per heavy atom. The summed E-state index contributed by atoms with van der Waals surface area (Å²) in [4.78, 5) is 10.5. The van der Waals surface area contributed by atoms with Crippen molar-refractivity contribution in [1.82, 2.24) is 0 Å². The van der Waals surface area contributed by atoms with Crippen LogP contribution in [0.5, 0.6) is 0 Å². The Morgan fingerprint density at radius 1 is 1.29 bits per heavy atom. The zero-order valence-electron chi connectivity index (χ0n) is 18.6. The molecule has 5 atom stereocenters. The van der Waals surface area contributed by atoms with Gasteiger partial charge in [0.05, 0.1) is 6.10 Å². The van der Waals surface area contributed by atoms with E-state index in [-0.39, 0.29) is 12.5 Å². The fourth-order valence-corrected chi connectivity index (χ4v) is 5.58. The van der Waals surface area contributed by atoms with Crippen molar-refractivity contribution < 1.29 is 15.0 Å². The van der Waals surface area contributed by atoms with Crippen LogP contribution in [0.3, 0.4) is 0 Å². The normalized spacial score (nSPS) is 27.8. The fourth-order valence-electron chi connectivity index (χ4n) is 3.94. The van der Waals surface area contributed by atoms with Crippen molar-refractivity contribution >= 4 is 30.3 Å². The van der Waals surface area contributed by atoms with Crippen LogP contribution in [-0.4, -0.2) is 39.7 Å². The maximum atomic E-state index is 10.5. The molecule has 2 aliphatic heterocycles. The van der Waals surface area contributed by atoms with Crippen LogP contribution >= 0.6 is 24.3 Å². The molecule has 3 aliphatic rings. The van der Waals surface area contributed by atoms with Gasteiger partial charge >= 0.3 is 5.97 Å². The van der Waals surface area contributed by atoms with Crippen molar-refractivity contribution in [2.24, 2.45) is 11.8 Å². The maximum Gasteiger partial charge on any atom is 0.303 e. The number of thiol groups is 1. The number of carbonyl (C=O) groups is 1. The molecule has 28 heavy (non-hydrogen) atoms. The summed E-state index contributed by atoms with van der Waals surface area (Å²) in [7, 11) is 0. The summed E-state index contributed by atoms with van der Waals surface area (Å²) in [6.45, 7) is 4.14. The van der Waals surface area contributed by atoms with Crippen molar-refractivity contribution in [3.8, 4) is 0 Å². The van der Waals surface area contributed by atoms with Gasteiger partial charge in [-0.25, -0.2) is 0 Å². The second-order valence-electron chi connectivity index (χ2n) is 7.83. The number of allylic oxidation sites excluding steroid dienone is 3. The number of aliphatic hydroxyl groups excluding tert-OH is 1. The lowest BCUT2D eigenvalue weighted by Crippen LogP contribution is -2.44. The van der Waals surface area contributed by atoms with E-state index in [2.05, 4.69) is 36.9 Å². The van der Waals surface area contributed by atoms with Crippen LogP contribution in [-0.2, 0) is 4.79 Å². The SMILES string of the molecule is CCCCC[C@H](O)/C=C/[C@H]1CC2CC(S2)[C@@H]1C/C=C\CCCC(=O)O.[3H]SCC. The zero-order chi connectivity index (χ0) is 21.5. The minimum absolute atomic E-state index is 0.259. The topological polar surface area (TPSA) is 57.5 Å². The van der Waals surface area contributed by atoms with Crippen LogP contribution < -0.4 is 0 Å². The van der Waals surface area contributed by atoms with E-state index in [1.165, 1.54) is 25.7 Å². The van der Waals surface area contributed by atoms with Crippen LogP contribution in [0.15, 0.2) is 24.3 Å². The molecule has 3 fully saturated rings. The lowest BCUT2D eigenvalue weighted by atomic mass is 9.75. The first-order chi connectivity index (χ1) is 14.0. The van der Waals surface area contributed by atoms with Gasteiger partial charge < -0.3 is 10.2 Å². The molecule has 0 aromatic rings. The molecular formula is C23H40O3S2. The van der Waals surface area contributed by atoms with Crippen LogP contribution in [0.4, 0.5) is 0 Å². The molecule has 1 aliphatic carbocycles. The Morgan fingerprint density at radius 3 is 2.68 bits per heavy atom. The Kier molecular flexibility index (Phi) is 13.2. The molecule has 0 spiro atoms. The molecule has 2 unspecified atom stereocenters. The molecule has 0 aromatic carbocycles. The summed E-state index contributed by atoms with van der Waals surface area (Å²) < 4.78 is 6.37. The van der Waals surface area contributed by atoms with Gasteiger partial charge in [0, 0.05) is 16.9 Å². The van der Waals surface area contributed by atoms with Gasteiger partial charge in [0.2, 0.25) is 0 Å². The molecule has 3 rings (SSSR count). The highest BCUT2D eigenvalue weighted by molar-refractivity contribution is 8.01. The third-order valence-electron chi connectivity index (χ3n) is 5.45. The lowest BCUT2D eigenvalue weighted by Gasteiger charge is -2.49. The van der Waals surface area contributed by atoms with Gasteiger partial charge in [0.25, 0.3) is 0 Å². The van der Waals surface area contributed by atoms with E-state index in [1.807, 2.05) is 13.0 Å². The highest BCUT2D eigenvalue weighted by Gasteiger charge is 2.44. The van der Waals surface area contributed by atoms with Crippen LogP contribution in [0.2, 0.25) is 0 Å².